The van der Waals surface area contributed by atoms with Crippen LogP contribution in [0.4, 0.5) is 0 Å². The molecule has 71 heavy (non-hydrogen) atoms. The molecule has 2 saturated heterocycles. The smallest absolute Gasteiger partial charge is 0.310 e. The molecule has 6 N–H and O–H groups in total. The maximum atomic E-state index is 11.8. The summed E-state index contributed by atoms with van der Waals surface area (Å²) in [4.78, 5) is 64.2. The van der Waals surface area contributed by atoms with Crippen LogP contribution in [0.1, 0.15) is 92.4 Å². The predicted octanol–water partition coefficient (Wildman–Crippen LogP) is 7.11. The van der Waals surface area contributed by atoms with E-state index < -0.39 is 24.0 Å². The maximum absolute atomic E-state index is 11.8. The molecule has 2 fully saturated rings. The fourth-order valence-electron chi connectivity index (χ4n) is 6.91. The van der Waals surface area contributed by atoms with Gasteiger partial charge in [-0.3, -0.25) is 24.0 Å². The van der Waals surface area contributed by atoms with Gasteiger partial charge in [0.2, 0.25) is 23.6 Å². The standard InChI is InChI=1S/C12H17NO.C11H12N2O2.C11H16N2O.C11H16N2.C9H10O2.C3H9N/c1-4-13(3)12(14)10(2)11-8-6-5-7-9-11;1-13-7-9(14)12-10(11(13)15)8-5-3-2-4-6-8;1-3-13(2)11(14)10(12)9-7-5-4-6-8-9;1-13-8-7-12-11(9-13)10-5-3-2-4-6-10;1-7(9(10)11)8-5-3-2-4-6-8;1-3-4-2/h5-10H,4H2,1-3H3;2-6,10H,7H2,1H3,(H,12,14);4-8,10H,3,12H2,1-2H3;2-6,11-12H,7-9H2,1H3;2-7H,1H3,(H,10,11);4H,3H2,1-2H3. The van der Waals surface area contributed by atoms with Crippen LogP contribution in [-0.2, 0) is 24.0 Å². The topological polar surface area (TPSA) is 181 Å². The first-order chi connectivity index (χ1) is 34.0. The van der Waals surface area contributed by atoms with Crippen LogP contribution >= 0.6 is 0 Å². The molecule has 5 unspecified atom stereocenters. The van der Waals surface area contributed by atoms with E-state index in [2.05, 4.69) is 65.2 Å². The normalized spacial score (nSPS) is 16.2. The Bertz CT molecular complexity index is 2190. The van der Waals surface area contributed by atoms with Gasteiger partial charge in [0.15, 0.2) is 0 Å². The summed E-state index contributed by atoms with van der Waals surface area (Å²) in [6, 6.07) is 47.8. The van der Waals surface area contributed by atoms with E-state index in [1.165, 1.54) is 10.5 Å². The second-order valence-electron chi connectivity index (χ2n) is 17.2. The lowest BCUT2D eigenvalue weighted by atomic mass is 10.00. The van der Waals surface area contributed by atoms with Crippen molar-refractivity contribution in [1.29, 1.82) is 0 Å². The van der Waals surface area contributed by atoms with Crippen LogP contribution in [0.2, 0.25) is 0 Å². The molecule has 0 saturated carbocycles. The lowest BCUT2D eigenvalue weighted by molar-refractivity contribution is -0.143. The Morgan fingerprint density at radius 2 is 1.08 bits per heavy atom. The molecule has 2 heterocycles. The highest BCUT2D eigenvalue weighted by molar-refractivity contribution is 5.95. The molecule has 2 aliphatic rings. The highest BCUT2D eigenvalue weighted by Crippen LogP contribution is 2.19. The third kappa shape index (κ3) is 21.9. The number of piperazine rings is 2. The molecule has 384 valence electrons. The van der Waals surface area contributed by atoms with E-state index in [4.69, 9.17) is 10.8 Å². The Labute approximate surface area is 423 Å². The molecule has 4 amide bonds. The maximum Gasteiger partial charge on any atom is 0.310 e. The summed E-state index contributed by atoms with van der Waals surface area (Å²) in [5.74, 6) is -1.28. The zero-order valence-electron chi connectivity index (χ0n) is 43.6. The van der Waals surface area contributed by atoms with E-state index in [9.17, 15) is 24.0 Å². The largest absolute Gasteiger partial charge is 0.481 e. The second-order valence-corrected chi connectivity index (χ2v) is 17.2. The lowest BCUT2D eigenvalue weighted by Gasteiger charge is -2.31. The van der Waals surface area contributed by atoms with Crippen molar-refractivity contribution >= 4 is 29.6 Å². The quantitative estimate of drug-likeness (QED) is 0.0916. The summed E-state index contributed by atoms with van der Waals surface area (Å²) < 4.78 is 0. The van der Waals surface area contributed by atoms with Crippen molar-refractivity contribution in [2.45, 2.75) is 64.6 Å². The lowest BCUT2D eigenvalue weighted by Crippen LogP contribution is -2.51. The first-order valence-electron chi connectivity index (χ1n) is 24.3. The Hall–Kier alpha value is -6.71. The Morgan fingerprint density at radius 1 is 0.676 bits per heavy atom. The number of benzene rings is 5. The van der Waals surface area contributed by atoms with Crippen LogP contribution in [-0.4, -0.2) is 135 Å². The van der Waals surface area contributed by atoms with Gasteiger partial charge in [-0.25, -0.2) is 0 Å². The number of hydrogen-bond acceptors (Lipinski definition) is 9. The first kappa shape index (κ1) is 60.4. The number of amides is 4. The van der Waals surface area contributed by atoms with Crippen molar-refractivity contribution in [3.63, 3.8) is 0 Å². The monoisotopic (exact) mass is 973 g/mol. The van der Waals surface area contributed by atoms with Gasteiger partial charge in [-0.15, -0.1) is 0 Å². The minimum Gasteiger partial charge on any atom is -0.481 e. The van der Waals surface area contributed by atoms with Crippen LogP contribution in [0.5, 0.6) is 0 Å². The van der Waals surface area contributed by atoms with Gasteiger partial charge in [0.25, 0.3) is 0 Å². The van der Waals surface area contributed by atoms with Crippen LogP contribution in [0.15, 0.2) is 152 Å². The summed E-state index contributed by atoms with van der Waals surface area (Å²) in [5.41, 5.74) is 10.8. The summed E-state index contributed by atoms with van der Waals surface area (Å²) in [5, 5.41) is 17.8. The molecule has 0 radical (unpaired) electrons. The number of aliphatic carboxylic acids is 1. The highest BCUT2D eigenvalue weighted by atomic mass is 16.4. The van der Waals surface area contributed by atoms with Crippen molar-refractivity contribution in [2.24, 2.45) is 5.73 Å². The Kier molecular flexibility index (Phi) is 28.7. The highest BCUT2D eigenvalue weighted by Gasteiger charge is 2.31. The number of nitrogens with zero attached hydrogens (tertiary/aromatic N) is 4. The molecule has 14 heteroatoms. The van der Waals surface area contributed by atoms with Gasteiger partial charge in [-0.05, 0) is 76.2 Å². The molecule has 0 spiro atoms. The summed E-state index contributed by atoms with van der Waals surface area (Å²) in [6.45, 7) is 15.6. The third-order valence-electron chi connectivity index (χ3n) is 11.8. The average Bonchev–Trinajstić information content (AvgIpc) is 3.42. The van der Waals surface area contributed by atoms with Crippen molar-refractivity contribution in [3.8, 4) is 0 Å². The summed E-state index contributed by atoms with van der Waals surface area (Å²) in [6.07, 6.45) is 0. The number of carboxylic acids is 1. The number of nitrogens with one attached hydrogen (secondary N) is 3. The molecule has 5 aromatic rings. The number of carboxylic acid groups (broad SMARTS) is 1. The van der Waals surface area contributed by atoms with Crippen LogP contribution in [0.25, 0.3) is 0 Å². The molecular weight excluding hydrogens is 893 g/mol. The molecular formula is C57H80N8O6. The molecule has 0 bridgehead atoms. The molecule has 0 aliphatic carbocycles. The summed E-state index contributed by atoms with van der Waals surface area (Å²) in [7, 11) is 9.33. The molecule has 5 atom stereocenters. The van der Waals surface area contributed by atoms with Gasteiger partial charge in [0.05, 0.1) is 18.4 Å². The van der Waals surface area contributed by atoms with E-state index in [1.807, 2.05) is 156 Å². The number of carbonyl (C=O) groups is 5. The van der Waals surface area contributed by atoms with E-state index in [0.717, 1.165) is 55.0 Å². The van der Waals surface area contributed by atoms with Crippen LogP contribution < -0.4 is 21.7 Å². The zero-order valence-corrected chi connectivity index (χ0v) is 43.6. The molecule has 14 nitrogen and oxygen atoms in total. The van der Waals surface area contributed by atoms with Gasteiger partial charge < -0.3 is 46.4 Å². The van der Waals surface area contributed by atoms with Gasteiger partial charge in [-0.1, -0.05) is 159 Å². The fourth-order valence-corrected chi connectivity index (χ4v) is 6.91. The van der Waals surface area contributed by atoms with E-state index in [-0.39, 0.29) is 36.1 Å². The predicted molar refractivity (Wildman–Crippen MR) is 287 cm³/mol. The first-order valence-corrected chi connectivity index (χ1v) is 24.3. The number of likely N-dealkylation sites (N-methyl/N-ethyl adjacent to an activating group) is 4. The van der Waals surface area contributed by atoms with Crippen molar-refractivity contribution in [3.05, 3.63) is 179 Å². The average molecular weight is 973 g/mol. The van der Waals surface area contributed by atoms with Gasteiger partial charge in [-0.2, -0.15) is 0 Å². The van der Waals surface area contributed by atoms with E-state index in [0.29, 0.717) is 12.6 Å². The molecule has 7 rings (SSSR count). The van der Waals surface area contributed by atoms with Gasteiger partial charge in [0, 0.05) is 59.9 Å². The Balaban J connectivity index is 0.000000299. The summed E-state index contributed by atoms with van der Waals surface area (Å²) >= 11 is 0. The molecule has 0 aromatic heterocycles. The second kappa shape index (κ2) is 33.8. The molecule has 2 aliphatic heterocycles. The number of hydrogen-bond donors (Lipinski definition) is 5. The molecule has 5 aromatic carbocycles. The number of rotatable bonds is 11. The van der Waals surface area contributed by atoms with Crippen molar-refractivity contribution in [1.82, 2.24) is 35.6 Å². The van der Waals surface area contributed by atoms with Gasteiger partial charge >= 0.3 is 5.97 Å². The van der Waals surface area contributed by atoms with Crippen molar-refractivity contribution in [2.75, 3.05) is 81.1 Å². The SMILES string of the molecule is CC(C(=O)O)c1ccccc1.CCN(C)C(=O)C(C)c1ccccc1.CCN(C)C(=O)C(N)c1ccccc1.CCNC.CN1CC(=O)NC(c2ccccc2)C1=O.CN1CCNC(c2ccccc2)C1. The van der Waals surface area contributed by atoms with Gasteiger partial charge in [0.1, 0.15) is 12.1 Å². The van der Waals surface area contributed by atoms with Crippen LogP contribution in [0.3, 0.4) is 0 Å². The van der Waals surface area contributed by atoms with Crippen LogP contribution in [0, 0.1) is 0 Å². The minimum atomic E-state index is -0.781. The fraction of sp³-hybridized carbons (Fsp3) is 0.386. The minimum absolute atomic E-state index is 0.0406. The number of carbonyl (C=O) groups excluding carboxylic acids is 4. The number of nitrogens with two attached hydrogens (primary N) is 1. The van der Waals surface area contributed by atoms with E-state index >= 15 is 0 Å². The Morgan fingerprint density at radius 3 is 1.51 bits per heavy atom. The third-order valence-corrected chi connectivity index (χ3v) is 11.8. The van der Waals surface area contributed by atoms with Crippen molar-refractivity contribution < 1.29 is 29.1 Å². The van der Waals surface area contributed by atoms with E-state index in [1.54, 1.807) is 30.8 Å². The zero-order chi connectivity index (χ0) is 52.7.